The molecule has 45 heavy (non-hydrogen) atoms. The fourth-order valence-corrected chi connectivity index (χ4v) is 2.33. The molecule has 2 rings (SSSR count). The Kier molecular flexibility index (Phi) is 19.5. The lowest BCUT2D eigenvalue weighted by molar-refractivity contribution is -0.200. The van der Waals surface area contributed by atoms with Crippen LogP contribution in [0.15, 0.2) is 0 Å². The number of ether oxygens (including phenoxy) is 4. The van der Waals surface area contributed by atoms with Crippen LogP contribution in [0.25, 0.3) is 0 Å². The lowest BCUT2D eigenvalue weighted by Gasteiger charge is -2.12. The van der Waals surface area contributed by atoms with E-state index in [-0.39, 0.29) is 36.7 Å². The van der Waals surface area contributed by atoms with Gasteiger partial charge in [-0.3, -0.25) is 29.2 Å². The number of imide groups is 2. The van der Waals surface area contributed by atoms with Gasteiger partial charge < -0.3 is 34.0 Å². The van der Waals surface area contributed by atoms with Crippen molar-refractivity contribution in [3.05, 3.63) is 0 Å². The molecule has 20 heteroatoms. The van der Waals surface area contributed by atoms with E-state index in [1.807, 2.05) is 0 Å². The number of aliphatic carboxylic acids is 2. The Morgan fingerprint density at radius 3 is 1.64 bits per heavy atom. The van der Waals surface area contributed by atoms with Gasteiger partial charge in [-0.2, -0.15) is 5.06 Å². The van der Waals surface area contributed by atoms with E-state index in [9.17, 15) is 47.9 Å². The molecule has 250 valence electrons. The molecule has 2 aliphatic rings. The van der Waals surface area contributed by atoms with Gasteiger partial charge in [-0.05, 0) is 6.92 Å². The van der Waals surface area contributed by atoms with E-state index in [4.69, 9.17) is 16.8 Å². The third-order valence-electron chi connectivity index (χ3n) is 4.48. The molecule has 0 radical (unpaired) electrons. The number of nitrogens with zero attached hydrogens (tertiary/aromatic N) is 2. The van der Waals surface area contributed by atoms with Crippen LogP contribution in [0.2, 0.25) is 0 Å². The highest BCUT2D eigenvalue weighted by Crippen LogP contribution is 2.12. The van der Waals surface area contributed by atoms with Gasteiger partial charge in [0.05, 0.1) is 5.92 Å². The predicted molar refractivity (Wildman–Crippen MR) is 138 cm³/mol. The van der Waals surface area contributed by atoms with Crippen LogP contribution in [-0.4, -0.2) is 118 Å². The molecule has 0 saturated carbocycles. The van der Waals surface area contributed by atoms with Crippen molar-refractivity contribution in [1.29, 1.82) is 0 Å². The average molecular weight is 650 g/mol. The molecule has 0 aliphatic carbocycles. The van der Waals surface area contributed by atoms with Crippen molar-refractivity contribution >= 4 is 59.4 Å². The van der Waals surface area contributed by atoms with E-state index >= 15 is 0 Å². The molecular formula is C25H32N2O18. The number of hydroxylamine groups is 4. The highest BCUT2D eigenvalue weighted by atomic mass is 16.7. The van der Waals surface area contributed by atoms with Gasteiger partial charge in [-0.25, -0.2) is 24.0 Å². The molecule has 0 aromatic carbocycles. The summed E-state index contributed by atoms with van der Waals surface area (Å²) in [5.74, 6) is -8.62. The van der Waals surface area contributed by atoms with Gasteiger partial charge in [0, 0.05) is 25.7 Å². The van der Waals surface area contributed by atoms with Gasteiger partial charge in [0.25, 0.3) is 23.6 Å². The van der Waals surface area contributed by atoms with Gasteiger partial charge in [0.15, 0.2) is 19.3 Å². The van der Waals surface area contributed by atoms with E-state index < -0.39 is 92.0 Å². The normalized spacial score (nSPS) is 14.2. The van der Waals surface area contributed by atoms with Crippen LogP contribution >= 0.6 is 0 Å². The molecule has 2 fully saturated rings. The fraction of sp³-hybridized carbons (Fsp3) is 0.520. The average Bonchev–Trinajstić information content (AvgIpc) is 3.45. The Morgan fingerprint density at radius 1 is 0.778 bits per heavy atom. The van der Waals surface area contributed by atoms with Gasteiger partial charge in [0.1, 0.15) is 14.6 Å². The van der Waals surface area contributed by atoms with E-state index in [2.05, 4.69) is 30.2 Å². The number of carboxylic acids is 2. The first-order chi connectivity index (χ1) is 21.4. The van der Waals surface area contributed by atoms with Crippen LogP contribution in [0.5, 0.6) is 0 Å². The Bertz CT molecular complexity index is 1160. The van der Waals surface area contributed by atoms with Crippen molar-refractivity contribution in [3.8, 4) is 12.8 Å². The molecular weight excluding hydrogens is 616 g/mol. The quantitative estimate of drug-likeness (QED) is 0.0692. The lowest BCUT2D eigenvalue weighted by atomic mass is 10.2. The topological polar surface area (TPSA) is 284 Å². The minimum absolute atomic E-state index is 0.0353. The van der Waals surface area contributed by atoms with E-state index in [1.165, 1.54) is 6.40 Å². The molecule has 2 heterocycles. The van der Waals surface area contributed by atoms with Crippen LogP contribution in [-0.2, 0) is 71.7 Å². The van der Waals surface area contributed by atoms with Crippen LogP contribution in [0.1, 0.15) is 47.8 Å². The molecule has 0 bridgehead atoms. The zero-order valence-corrected chi connectivity index (χ0v) is 24.2. The standard InChI is InChI=1S/C11H13NO9.C8H12O6.C4H5NO3.C2H2/c1-6(11(17)18)20-9(15)4-19-5-10(16)21-12-7(13)2-3-8(12)14;1-5(2)8(12)14-4-7(11)13-3-6(9)10;6-3-1-2-4(7)5(3)8;1-2/h6H,2-5H2,1H3,(H,17,18);5H,3-4H2,1-2H3,(H,9,10);8H,1-2H2;1-2H/i;;;1D. The number of carbonyl (C=O) groups excluding carboxylic acids is 8. The van der Waals surface area contributed by atoms with Crippen LogP contribution in [0, 0.1) is 18.7 Å². The molecule has 2 saturated heterocycles. The smallest absolute Gasteiger partial charge is 0.358 e. The van der Waals surface area contributed by atoms with Crippen LogP contribution < -0.4 is 0 Å². The van der Waals surface area contributed by atoms with E-state index in [0.717, 1.165) is 6.92 Å². The molecule has 20 nitrogen and oxygen atoms in total. The maximum atomic E-state index is 11.3. The molecule has 1 unspecified atom stereocenters. The molecule has 0 spiro atoms. The van der Waals surface area contributed by atoms with Crippen molar-refractivity contribution < 1.29 is 88.5 Å². The summed E-state index contributed by atoms with van der Waals surface area (Å²) in [7, 11) is 0. The van der Waals surface area contributed by atoms with Gasteiger partial charge in [0.2, 0.25) is 0 Å². The third kappa shape index (κ3) is 18.7. The Morgan fingerprint density at radius 2 is 1.24 bits per heavy atom. The SMILES string of the molecule is CC(C)C(=O)OCC(=O)OCC(=O)O.CC(OC(=O)COCC(=O)ON1C(=O)CCC1=O)C(=O)O.O=C1CCC(=O)N1O.[2H]C#C. The first kappa shape index (κ1) is 39.6. The number of carboxylic acid groups (broad SMARTS) is 2. The second-order valence-electron chi connectivity index (χ2n) is 8.42. The summed E-state index contributed by atoms with van der Waals surface area (Å²) in [5, 5.41) is 25.5. The zero-order chi connectivity index (χ0) is 36.0. The maximum absolute atomic E-state index is 11.3. The lowest BCUT2D eigenvalue weighted by Crippen LogP contribution is -2.34. The fourth-order valence-electron chi connectivity index (χ4n) is 2.33. The summed E-state index contributed by atoms with van der Waals surface area (Å²) < 4.78 is 23.5. The third-order valence-corrected chi connectivity index (χ3v) is 4.48. The van der Waals surface area contributed by atoms with Gasteiger partial charge in [-0.1, -0.05) is 13.8 Å². The zero-order valence-electron chi connectivity index (χ0n) is 25.2. The minimum Gasteiger partial charge on any atom is -0.479 e. The molecule has 1 atom stereocenters. The number of esters is 3. The molecule has 2 aliphatic heterocycles. The van der Waals surface area contributed by atoms with Crippen molar-refractivity contribution in [3.63, 3.8) is 0 Å². The molecule has 4 amide bonds. The molecule has 0 aromatic heterocycles. The first-order valence-corrected chi connectivity index (χ1v) is 12.4. The number of terminal acetylenes is 1. The largest absolute Gasteiger partial charge is 0.479 e. The van der Waals surface area contributed by atoms with E-state index in [0.29, 0.717) is 5.06 Å². The van der Waals surface area contributed by atoms with E-state index in [1.54, 1.807) is 13.8 Å². The Labute approximate surface area is 256 Å². The second-order valence-corrected chi connectivity index (χ2v) is 8.42. The second kappa shape index (κ2) is 22.2. The monoisotopic (exact) mass is 649 g/mol. The number of amides is 4. The maximum Gasteiger partial charge on any atom is 0.358 e. The number of carbonyl (C=O) groups is 10. The van der Waals surface area contributed by atoms with Crippen LogP contribution in [0.4, 0.5) is 0 Å². The van der Waals surface area contributed by atoms with Crippen LogP contribution in [0.3, 0.4) is 0 Å². The summed E-state index contributed by atoms with van der Waals surface area (Å²) in [4.78, 5) is 112. The summed E-state index contributed by atoms with van der Waals surface area (Å²) in [6.45, 7) is 1.74. The number of hydrogen-bond donors (Lipinski definition) is 3. The first-order valence-electron chi connectivity index (χ1n) is 12.9. The number of rotatable bonds is 12. The predicted octanol–water partition coefficient (Wildman–Crippen LogP) is -1.79. The highest BCUT2D eigenvalue weighted by Gasteiger charge is 2.33. The Hall–Kier alpha value is -5.42. The summed E-state index contributed by atoms with van der Waals surface area (Å²) in [6.07, 6.45) is 4.65. The highest BCUT2D eigenvalue weighted by molar-refractivity contribution is 6.01. The summed E-state index contributed by atoms with van der Waals surface area (Å²) in [6, 6.07) is 0. The van der Waals surface area contributed by atoms with Crippen molar-refractivity contribution in [2.75, 3.05) is 26.4 Å². The number of hydrogen-bond acceptors (Lipinski definition) is 16. The minimum atomic E-state index is -1.34. The molecule has 0 aromatic rings. The van der Waals surface area contributed by atoms with Crippen molar-refractivity contribution in [2.24, 2.45) is 5.92 Å². The summed E-state index contributed by atoms with van der Waals surface area (Å²) in [5.41, 5.74) is 0. The van der Waals surface area contributed by atoms with Gasteiger partial charge >= 0.3 is 35.8 Å². The molecule has 3 N–H and O–H groups in total. The van der Waals surface area contributed by atoms with Gasteiger partial charge in [-0.15, -0.1) is 17.9 Å². The van der Waals surface area contributed by atoms with Crippen molar-refractivity contribution in [2.45, 2.75) is 52.6 Å². The Balaban J connectivity index is 0. The van der Waals surface area contributed by atoms with Crippen molar-refractivity contribution in [1.82, 2.24) is 10.1 Å². The summed E-state index contributed by atoms with van der Waals surface area (Å²) >= 11 is 0.